The minimum Gasteiger partial charge on any atom is -0.228 e. The summed E-state index contributed by atoms with van der Waals surface area (Å²) >= 11 is 1.69. The average molecular weight is 206 g/mol. The molecule has 2 nitrogen and oxygen atoms in total. The Morgan fingerprint density at radius 3 is 2.83 bits per heavy atom. The van der Waals surface area contributed by atoms with Crippen LogP contribution in [0, 0.1) is 0 Å². The molecule has 1 heterocycles. The smallest absolute Gasteiger partial charge is 0.158 e. The molecule has 1 aliphatic rings. The molecule has 0 spiro atoms. The fraction of sp³-hybridized carbons (Fsp3) is 0.750. The molecule has 0 atom stereocenters. The van der Waals surface area contributed by atoms with Crippen LogP contribution in [0.1, 0.15) is 19.8 Å². The van der Waals surface area contributed by atoms with Crippen molar-refractivity contribution in [3.05, 3.63) is 11.0 Å². The Kier molecular flexibility index (Phi) is 3.65. The molecule has 1 aliphatic heterocycles. The second-order valence-electron chi connectivity index (χ2n) is 2.93. The Morgan fingerprint density at radius 1 is 1.58 bits per heavy atom. The summed E-state index contributed by atoms with van der Waals surface area (Å²) in [5.74, 6) is 1.58. The molecule has 0 amide bonds. The van der Waals surface area contributed by atoms with Crippen LogP contribution in [0.4, 0.5) is 0 Å². The van der Waals surface area contributed by atoms with E-state index in [1.165, 1.54) is 12.8 Å². The first-order valence-corrected chi connectivity index (χ1v) is 6.97. The Labute approximate surface area is 78.3 Å². The highest BCUT2D eigenvalue weighted by molar-refractivity contribution is 8.04. The second kappa shape index (κ2) is 4.33. The van der Waals surface area contributed by atoms with Gasteiger partial charge in [0.25, 0.3) is 0 Å². The van der Waals surface area contributed by atoms with Crippen molar-refractivity contribution in [2.75, 3.05) is 17.3 Å². The van der Waals surface area contributed by atoms with Crippen LogP contribution in [0.25, 0.3) is 0 Å². The monoisotopic (exact) mass is 206 g/mol. The molecule has 0 fully saturated rings. The van der Waals surface area contributed by atoms with Crippen molar-refractivity contribution in [2.45, 2.75) is 19.8 Å². The number of hydrogen-bond donors (Lipinski definition) is 0. The van der Waals surface area contributed by atoms with E-state index >= 15 is 0 Å². The van der Waals surface area contributed by atoms with Gasteiger partial charge in [-0.15, -0.1) is 11.8 Å². The Bertz CT molecular complexity index is 265. The second-order valence-corrected chi connectivity index (χ2v) is 6.26. The van der Waals surface area contributed by atoms with Gasteiger partial charge < -0.3 is 0 Å². The maximum absolute atomic E-state index is 11.0. The van der Waals surface area contributed by atoms with Gasteiger partial charge in [-0.05, 0) is 17.1 Å². The van der Waals surface area contributed by atoms with Gasteiger partial charge >= 0.3 is 0 Å². The molecule has 4 heteroatoms. The number of thioether (sulfide) groups is 1. The average Bonchev–Trinajstić information content (AvgIpc) is 2.31. The normalized spacial score (nSPS) is 20.9. The molecule has 1 rings (SSSR count). The van der Waals surface area contributed by atoms with Gasteiger partial charge in [-0.3, -0.25) is 0 Å². The Balaban J connectivity index is 2.28. The largest absolute Gasteiger partial charge is 0.228 e. The Hall–Kier alpha value is 0.0400. The molecule has 0 radical (unpaired) electrons. The number of rotatable bonds is 4. The van der Waals surface area contributed by atoms with Crippen molar-refractivity contribution >= 4 is 21.6 Å². The predicted molar refractivity (Wildman–Crippen MR) is 54.1 cm³/mol. The maximum atomic E-state index is 11.0. The minimum absolute atomic E-state index is 0.251. The lowest BCUT2D eigenvalue weighted by atomic mass is 10.4. The van der Waals surface area contributed by atoms with Crippen LogP contribution >= 0.6 is 11.8 Å². The molecule has 0 unspecified atom stereocenters. The first-order chi connectivity index (χ1) is 5.64. The molecule has 70 valence electrons. The van der Waals surface area contributed by atoms with Crippen LogP contribution in [0.15, 0.2) is 11.0 Å². The summed E-state index contributed by atoms with van der Waals surface area (Å²) < 4.78 is 22.0. The van der Waals surface area contributed by atoms with Crippen molar-refractivity contribution in [1.82, 2.24) is 0 Å². The van der Waals surface area contributed by atoms with Gasteiger partial charge in [0.15, 0.2) is 9.84 Å². The lowest BCUT2D eigenvalue weighted by Gasteiger charge is -1.98. The number of sulfone groups is 1. The first-order valence-electron chi connectivity index (χ1n) is 4.16. The third kappa shape index (κ3) is 3.19. The van der Waals surface area contributed by atoms with Crippen molar-refractivity contribution < 1.29 is 8.42 Å². The molecular formula is C8H14O2S2. The van der Waals surface area contributed by atoms with Gasteiger partial charge in [0.2, 0.25) is 0 Å². The summed E-state index contributed by atoms with van der Waals surface area (Å²) in [4.78, 5) is 1.04. The van der Waals surface area contributed by atoms with Gasteiger partial charge in [0, 0.05) is 0 Å². The van der Waals surface area contributed by atoms with Crippen molar-refractivity contribution in [3.8, 4) is 0 Å². The van der Waals surface area contributed by atoms with E-state index in [1.807, 2.05) is 6.08 Å². The summed E-state index contributed by atoms with van der Waals surface area (Å²) in [5, 5.41) is 0. The summed E-state index contributed by atoms with van der Waals surface area (Å²) in [6, 6.07) is 0. The van der Waals surface area contributed by atoms with Crippen LogP contribution in [0.5, 0.6) is 0 Å². The van der Waals surface area contributed by atoms with Crippen LogP contribution in [0.2, 0.25) is 0 Å². The Morgan fingerprint density at radius 2 is 2.33 bits per heavy atom. The quantitative estimate of drug-likeness (QED) is 0.658. The third-order valence-corrected chi connectivity index (χ3v) is 4.50. The van der Waals surface area contributed by atoms with Gasteiger partial charge in [-0.1, -0.05) is 19.4 Å². The fourth-order valence-electron chi connectivity index (χ4n) is 1.00. The zero-order valence-electron chi connectivity index (χ0n) is 7.25. The molecular weight excluding hydrogens is 192 g/mol. The van der Waals surface area contributed by atoms with Gasteiger partial charge in [-0.2, -0.15) is 0 Å². The zero-order valence-corrected chi connectivity index (χ0v) is 8.88. The van der Waals surface area contributed by atoms with Crippen LogP contribution in [0.3, 0.4) is 0 Å². The van der Waals surface area contributed by atoms with Crippen LogP contribution in [-0.2, 0) is 9.84 Å². The maximum Gasteiger partial charge on any atom is 0.158 e. The standard InChI is InChI=1S/C8H14O2S2/c1-2-3-5-11-8-4-6-12(9,10)7-8/h4H,2-3,5-7H2,1H3. The van der Waals surface area contributed by atoms with E-state index in [9.17, 15) is 8.42 Å². The third-order valence-electron chi connectivity index (χ3n) is 1.71. The SMILES string of the molecule is CCCCSC1=CCS(=O)(=O)C1. The number of unbranched alkanes of at least 4 members (excludes halogenated alkanes) is 1. The van der Waals surface area contributed by atoms with Crippen LogP contribution < -0.4 is 0 Å². The van der Waals surface area contributed by atoms with E-state index in [1.54, 1.807) is 11.8 Å². The van der Waals surface area contributed by atoms with Crippen LogP contribution in [-0.4, -0.2) is 25.7 Å². The van der Waals surface area contributed by atoms with Crippen molar-refractivity contribution in [3.63, 3.8) is 0 Å². The summed E-state index contributed by atoms with van der Waals surface area (Å²) in [5.41, 5.74) is 0. The lowest BCUT2D eigenvalue weighted by Crippen LogP contribution is -2.01. The molecule has 0 aliphatic carbocycles. The van der Waals surface area contributed by atoms with Gasteiger partial charge in [-0.25, -0.2) is 8.42 Å². The predicted octanol–water partition coefficient (Wildman–Crippen LogP) is 1.83. The van der Waals surface area contributed by atoms with Gasteiger partial charge in [0.1, 0.15) is 0 Å². The van der Waals surface area contributed by atoms with E-state index < -0.39 is 9.84 Å². The van der Waals surface area contributed by atoms with E-state index in [-0.39, 0.29) is 11.5 Å². The highest BCUT2D eigenvalue weighted by atomic mass is 32.2. The van der Waals surface area contributed by atoms with Crippen molar-refractivity contribution in [1.29, 1.82) is 0 Å². The first kappa shape index (κ1) is 10.1. The zero-order chi connectivity index (χ0) is 9.03. The van der Waals surface area contributed by atoms with E-state index in [0.29, 0.717) is 0 Å². The summed E-state index contributed by atoms with van der Waals surface area (Å²) in [7, 11) is -2.75. The lowest BCUT2D eigenvalue weighted by molar-refractivity contribution is 0.603. The molecule has 0 saturated carbocycles. The fourth-order valence-corrected chi connectivity index (χ4v) is 4.00. The molecule has 0 N–H and O–H groups in total. The molecule has 0 aromatic carbocycles. The molecule has 0 aromatic heterocycles. The highest BCUT2D eigenvalue weighted by Gasteiger charge is 2.19. The molecule has 0 bridgehead atoms. The highest BCUT2D eigenvalue weighted by Crippen LogP contribution is 2.24. The minimum atomic E-state index is -2.75. The van der Waals surface area contributed by atoms with E-state index in [4.69, 9.17) is 0 Å². The topological polar surface area (TPSA) is 34.1 Å². The summed E-state index contributed by atoms with van der Waals surface area (Å²) in [6.45, 7) is 2.14. The molecule has 0 saturated heterocycles. The summed E-state index contributed by atoms with van der Waals surface area (Å²) in [6.07, 6.45) is 4.19. The van der Waals surface area contributed by atoms with Crippen molar-refractivity contribution in [2.24, 2.45) is 0 Å². The van der Waals surface area contributed by atoms with E-state index in [0.717, 1.165) is 10.7 Å². The molecule has 0 aromatic rings. The van der Waals surface area contributed by atoms with E-state index in [2.05, 4.69) is 6.92 Å². The van der Waals surface area contributed by atoms with Gasteiger partial charge in [0.05, 0.1) is 11.5 Å². The molecule has 12 heavy (non-hydrogen) atoms. The number of hydrogen-bond acceptors (Lipinski definition) is 3.